The SMILES string of the molecule is CC1(N)CCCCC1C(=O)Nc1ccc(F)c(-c2nnc3n2CCCCC3)c1.Cl.Cl. The van der Waals surface area contributed by atoms with Gasteiger partial charge in [0.15, 0.2) is 5.82 Å². The first kappa shape index (κ1) is 24.6. The van der Waals surface area contributed by atoms with Crippen LogP contribution in [-0.4, -0.2) is 26.2 Å². The summed E-state index contributed by atoms with van der Waals surface area (Å²) in [6.45, 7) is 2.74. The number of aromatic nitrogens is 3. The third-order valence-corrected chi connectivity index (χ3v) is 6.16. The second-order valence-corrected chi connectivity index (χ2v) is 8.39. The van der Waals surface area contributed by atoms with Crippen molar-refractivity contribution < 1.29 is 9.18 Å². The molecule has 0 spiro atoms. The summed E-state index contributed by atoms with van der Waals surface area (Å²) in [5.74, 6) is 0.745. The fraction of sp³-hybridized carbons (Fsp3) is 0.571. The molecule has 1 fully saturated rings. The summed E-state index contributed by atoms with van der Waals surface area (Å²) in [5, 5.41) is 11.4. The molecule has 1 aliphatic carbocycles. The van der Waals surface area contributed by atoms with Crippen molar-refractivity contribution in [2.75, 3.05) is 5.32 Å². The lowest BCUT2D eigenvalue weighted by molar-refractivity contribution is -0.122. The maximum absolute atomic E-state index is 14.6. The van der Waals surface area contributed by atoms with E-state index in [1.54, 1.807) is 12.1 Å². The molecule has 1 amide bonds. The van der Waals surface area contributed by atoms with E-state index in [0.29, 0.717) is 17.1 Å². The Hall–Kier alpha value is -1.70. The molecule has 1 aliphatic heterocycles. The number of carbonyl (C=O) groups excluding carboxylic acids is 1. The average molecular weight is 458 g/mol. The molecule has 1 saturated carbocycles. The smallest absolute Gasteiger partial charge is 0.229 e. The predicted molar refractivity (Wildman–Crippen MR) is 121 cm³/mol. The summed E-state index contributed by atoms with van der Waals surface area (Å²) in [4.78, 5) is 12.8. The van der Waals surface area contributed by atoms with E-state index < -0.39 is 5.54 Å². The van der Waals surface area contributed by atoms with Gasteiger partial charge in [-0.15, -0.1) is 35.0 Å². The van der Waals surface area contributed by atoms with Crippen molar-refractivity contribution in [2.24, 2.45) is 11.7 Å². The number of hydrogen-bond acceptors (Lipinski definition) is 4. The molecule has 2 atom stereocenters. The van der Waals surface area contributed by atoms with Crippen LogP contribution in [0.3, 0.4) is 0 Å². The molecule has 0 bridgehead atoms. The van der Waals surface area contributed by atoms with Gasteiger partial charge in [0, 0.05) is 24.2 Å². The lowest BCUT2D eigenvalue weighted by atomic mass is 9.74. The summed E-state index contributed by atoms with van der Waals surface area (Å²) in [6.07, 6.45) is 7.79. The number of nitrogens with one attached hydrogen (secondary N) is 1. The van der Waals surface area contributed by atoms with Gasteiger partial charge in [-0.05, 0) is 50.8 Å². The first-order chi connectivity index (χ1) is 13.5. The normalized spacial score (nSPS) is 23.4. The van der Waals surface area contributed by atoms with E-state index in [-0.39, 0.29) is 42.5 Å². The van der Waals surface area contributed by atoms with E-state index in [2.05, 4.69) is 15.5 Å². The van der Waals surface area contributed by atoms with Gasteiger partial charge >= 0.3 is 0 Å². The minimum atomic E-state index is -0.504. The van der Waals surface area contributed by atoms with Crippen LogP contribution in [-0.2, 0) is 17.8 Å². The van der Waals surface area contributed by atoms with Crippen molar-refractivity contribution in [1.82, 2.24) is 14.8 Å². The van der Waals surface area contributed by atoms with Gasteiger partial charge in [-0.25, -0.2) is 4.39 Å². The van der Waals surface area contributed by atoms with Crippen LogP contribution in [0.15, 0.2) is 18.2 Å². The Morgan fingerprint density at radius 1 is 1.20 bits per heavy atom. The molecule has 30 heavy (non-hydrogen) atoms. The van der Waals surface area contributed by atoms with Crippen molar-refractivity contribution in [3.63, 3.8) is 0 Å². The zero-order valence-corrected chi connectivity index (χ0v) is 18.8. The molecular formula is C21H30Cl2FN5O. The Kier molecular flexibility index (Phi) is 8.25. The lowest BCUT2D eigenvalue weighted by Gasteiger charge is -2.37. The van der Waals surface area contributed by atoms with Gasteiger partial charge in [0.25, 0.3) is 0 Å². The van der Waals surface area contributed by atoms with Crippen molar-refractivity contribution in [2.45, 2.75) is 70.4 Å². The number of aryl methyl sites for hydroxylation is 1. The molecule has 2 aliphatic rings. The molecule has 166 valence electrons. The topological polar surface area (TPSA) is 85.8 Å². The van der Waals surface area contributed by atoms with Crippen LogP contribution in [0.5, 0.6) is 0 Å². The first-order valence-electron chi connectivity index (χ1n) is 10.3. The molecule has 1 aromatic carbocycles. The largest absolute Gasteiger partial charge is 0.326 e. The van der Waals surface area contributed by atoms with Gasteiger partial charge in [-0.3, -0.25) is 4.79 Å². The summed E-state index contributed by atoms with van der Waals surface area (Å²) >= 11 is 0. The van der Waals surface area contributed by atoms with Crippen LogP contribution in [0.4, 0.5) is 10.1 Å². The van der Waals surface area contributed by atoms with E-state index in [1.807, 2.05) is 11.5 Å². The van der Waals surface area contributed by atoms with Crippen molar-refractivity contribution >= 4 is 36.4 Å². The van der Waals surface area contributed by atoms with E-state index in [1.165, 1.54) is 6.07 Å². The highest BCUT2D eigenvalue weighted by Gasteiger charge is 2.37. The van der Waals surface area contributed by atoms with Crippen LogP contribution < -0.4 is 11.1 Å². The maximum Gasteiger partial charge on any atom is 0.229 e. The number of amides is 1. The number of nitrogens with zero attached hydrogens (tertiary/aromatic N) is 3. The van der Waals surface area contributed by atoms with Crippen molar-refractivity contribution in [3.05, 3.63) is 29.8 Å². The highest BCUT2D eigenvalue weighted by Crippen LogP contribution is 2.33. The maximum atomic E-state index is 14.6. The molecule has 0 radical (unpaired) electrons. The third-order valence-electron chi connectivity index (χ3n) is 6.16. The van der Waals surface area contributed by atoms with Crippen LogP contribution >= 0.6 is 24.8 Å². The number of benzene rings is 1. The Bertz CT molecular complexity index is 886. The second-order valence-electron chi connectivity index (χ2n) is 8.39. The summed E-state index contributed by atoms with van der Waals surface area (Å²) in [6, 6.07) is 4.63. The van der Waals surface area contributed by atoms with E-state index in [4.69, 9.17) is 5.73 Å². The molecule has 2 heterocycles. The number of hydrogen-bond donors (Lipinski definition) is 2. The van der Waals surface area contributed by atoms with E-state index in [0.717, 1.165) is 63.7 Å². The minimum Gasteiger partial charge on any atom is -0.326 e. The van der Waals surface area contributed by atoms with E-state index in [9.17, 15) is 9.18 Å². The number of rotatable bonds is 3. The molecule has 6 nitrogen and oxygen atoms in total. The average Bonchev–Trinajstić information content (AvgIpc) is 2.90. The van der Waals surface area contributed by atoms with Gasteiger partial charge in [-0.2, -0.15) is 0 Å². The van der Waals surface area contributed by atoms with E-state index >= 15 is 0 Å². The van der Waals surface area contributed by atoms with Gasteiger partial charge in [0.1, 0.15) is 11.6 Å². The van der Waals surface area contributed by atoms with Crippen LogP contribution in [0.2, 0.25) is 0 Å². The fourth-order valence-corrected chi connectivity index (χ4v) is 4.48. The standard InChI is InChI=1S/C21H28FN5O.2ClH/c1-21(23)11-5-4-7-16(21)20(28)24-14-9-10-17(22)15(13-14)19-26-25-18-8-3-2-6-12-27(18)19;;/h9-10,13,16H,2-8,11-12,23H2,1H3,(H,24,28);2*1H. The van der Waals surface area contributed by atoms with Gasteiger partial charge < -0.3 is 15.6 Å². The monoisotopic (exact) mass is 457 g/mol. The second kappa shape index (κ2) is 10.1. The predicted octanol–water partition coefficient (Wildman–Crippen LogP) is 4.50. The van der Waals surface area contributed by atoms with Crippen LogP contribution in [0.1, 0.15) is 57.7 Å². The molecular weight excluding hydrogens is 428 g/mol. The first-order valence-corrected chi connectivity index (χ1v) is 10.3. The summed E-state index contributed by atoms with van der Waals surface area (Å²) in [7, 11) is 0. The van der Waals surface area contributed by atoms with Crippen LogP contribution in [0, 0.1) is 11.7 Å². The number of anilines is 1. The Balaban J connectivity index is 0.00000160. The number of carbonyl (C=O) groups is 1. The summed E-state index contributed by atoms with van der Waals surface area (Å²) < 4.78 is 16.6. The Labute approximate surface area is 189 Å². The fourth-order valence-electron chi connectivity index (χ4n) is 4.48. The molecule has 3 N–H and O–H groups in total. The number of fused-ring (bicyclic) bond motifs is 1. The molecule has 1 aromatic heterocycles. The van der Waals surface area contributed by atoms with Gasteiger partial charge in [0.2, 0.25) is 5.91 Å². The van der Waals surface area contributed by atoms with Crippen molar-refractivity contribution in [3.8, 4) is 11.4 Å². The lowest BCUT2D eigenvalue weighted by Crippen LogP contribution is -2.51. The quantitative estimate of drug-likeness (QED) is 0.709. The molecule has 4 rings (SSSR count). The third kappa shape index (κ3) is 4.95. The molecule has 9 heteroatoms. The van der Waals surface area contributed by atoms with Gasteiger partial charge in [0.05, 0.1) is 11.5 Å². The van der Waals surface area contributed by atoms with Crippen molar-refractivity contribution in [1.29, 1.82) is 0 Å². The summed E-state index contributed by atoms with van der Waals surface area (Å²) in [5.41, 5.74) is 6.79. The Morgan fingerprint density at radius 3 is 2.77 bits per heavy atom. The highest BCUT2D eigenvalue weighted by molar-refractivity contribution is 5.94. The molecule has 2 unspecified atom stereocenters. The highest BCUT2D eigenvalue weighted by atomic mass is 35.5. The number of nitrogens with two attached hydrogens (primary N) is 1. The van der Waals surface area contributed by atoms with Crippen LogP contribution in [0.25, 0.3) is 11.4 Å². The zero-order chi connectivity index (χ0) is 19.7. The zero-order valence-electron chi connectivity index (χ0n) is 17.2. The number of halogens is 3. The Morgan fingerprint density at radius 2 is 2.00 bits per heavy atom. The molecule has 2 aromatic rings. The molecule has 0 saturated heterocycles. The van der Waals surface area contributed by atoms with Gasteiger partial charge in [-0.1, -0.05) is 19.3 Å². The minimum absolute atomic E-state index is 0.